The van der Waals surface area contributed by atoms with E-state index in [4.69, 9.17) is 5.11 Å². The van der Waals surface area contributed by atoms with E-state index in [1.807, 2.05) is 30.3 Å². The fourth-order valence-electron chi connectivity index (χ4n) is 1.50. The van der Waals surface area contributed by atoms with Gasteiger partial charge in [-0.1, -0.05) is 24.3 Å². The number of nitrogens with zero attached hydrogens (tertiary/aromatic N) is 1. The summed E-state index contributed by atoms with van der Waals surface area (Å²) >= 11 is 0. The Kier molecular flexibility index (Phi) is 3.27. The first kappa shape index (κ1) is 10.1. The van der Waals surface area contributed by atoms with Crippen LogP contribution in [0.25, 0.3) is 10.9 Å². The van der Waals surface area contributed by atoms with Crippen molar-refractivity contribution in [2.75, 3.05) is 13.2 Å². The van der Waals surface area contributed by atoms with E-state index in [0.29, 0.717) is 13.1 Å². The lowest BCUT2D eigenvalue weighted by molar-refractivity contribution is 0.291. The number of para-hydroxylation sites is 1. The van der Waals surface area contributed by atoms with Crippen molar-refractivity contribution < 1.29 is 5.11 Å². The Labute approximate surface area is 88.8 Å². The van der Waals surface area contributed by atoms with Gasteiger partial charge in [0.15, 0.2) is 0 Å². The third-order valence-corrected chi connectivity index (χ3v) is 2.25. The van der Waals surface area contributed by atoms with Gasteiger partial charge in [0.05, 0.1) is 17.8 Å². The molecule has 0 bridgehead atoms. The van der Waals surface area contributed by atoms with Crippen molar-refractivity contribution in [1.29, 1.82) is 0 Å². The average molecular weight is 202 g/mol. The van der Waals surface area contributed by atoms with Crippen LogP contribution in [-0.2, 0) is 6.54 Å². The smallest absolute Gasteiger partial charge is 0.0705 e. The number of nitrogens with one attached hydrogen (secondary N) is 1. The van der Waals surface area contributed by atoms with Crippen LogP contribution in [0.5, 0.6) is 0 Å². The fourth-order valence-corrected chi connectivity index (χ4v) is 1.50. The molecule has 2 aromatic rings. The minimum absolute atomic E-state index is 0.160. The number of hydrogen-bond acceptors (Lipinski definition) is 3. The van der Waals surface area contributed by atoms with Gasteiger partial charge in [-0.2, -0.15) is 0 Å². The summed E-state index contributed by atoms with van der Waals surface area (Å²) in [4.78, 5) is 4.50. The summed E-state index contributed by atoms with van der Waals surface area (Å²) in [6.07, 6.45) is 0. The van der Waals surface area contributed by atoms with Crippen LogP contribution in [-0.4, -0.2) is 23.2 Å². The van der Waals surface area contributed by atoms with E-state index < -0.39 is 0 Å². The normalized spacial score (nSPS) is 10.7. The summed E-state index contributed by atoms with van der Waals surface area (Å²) in [7, 11) is 0. The van der Waals surface area contributed by atoms with E-state index in [9.17, 15) is 0 Å². The molecule has 0 aliphatic rings. The van der Waals surface area contributed by atoms with E-state index in [-0.39, 0.29) is 6.61 Å². The lowest BCUT2D eigenvalue weighted by Crippen LogP contribution is -2.18. The van der Waals surface area contributed by atoms with E-state index in [2.05, 4.69) is 16.4 Å². The minimum atomic E-state index is 0.160. The Bertz CT molecular complexity index is 442. The number of benzene rings is 1. The van der Waals surface area contributed by atoms with Crippen molar-refractivity contribution in [2.24, 2.45) is 0 Å². The molecule has 0 atom stereocenters. The lowest BCUT2D eigenvalue weighted by atomic mass is 10.2. The van der Waals surface area contributed by atoms with Gasteiger partial charge >= 0.3 is 0 Å². The Hall–Kier alpha value is -1.45. The van der Waals surface area contributed by atoms with Crippen LogP contribution in [0.15, 0.2) is 36.4 Å². The summed E-state index contributed by atoms with van der Waals surface area (Å²) < 4.78 is 0. The maximum absolute atomic E-state index is 8.63. The molecule has 0 aliphatic heterocycles. The largest absolute Gasteiger partial charge is 0.395 e. The van der Waals surface area contributed by atoms with Crippen LogP contribution in [0.1, 0.15) is 5.69 Å². The molecule has 3 nitrogen and oxygen atoms in total. The predicted molar refractivity (Wildman–Crippen MR) is 60.5 cm³/mol. The van der Waals surface area contributed by atoms with Crippen LogP contribution >= 0.6 is 0 Å². The van der Waals surface area contributed by atoms with Crippen molar-refractivity contribution in [3.63, 3.8) is 0 Å². The molecule has 2 rings (SSSR count). The maximum atomic E-state index is 8.63. The Morgan fingerprint density at radius 2 is 2.00 bits per heavy atom. The molecule has 3 heteroatoms. The summed E-state index contributed by atoms with van der Waals surface area (Å²) in [5.74, 6) is 0. The second kappa shape index (κ2) is 4.87. The molecular formula is C12H14N2O. The van der Waals surface area contributed by atoms with Gasteiger partial charge in [0.25, 0.3) is 0 Å². The first-order valence-corrected chi connectivity index (χ1v) is 5.06. The van der Waals surface area contributed by atoms with Crippen molar-refractivity contribution in [1.82, 2.24) is 10.3 Å². The molecule has 1 aromatic heterocycles. The van der Waals surface area contributed by atoms with Gasteiger partial charge < -0.3 is 10.4 Å². The molecule has 1 heterocycles. The standard InChI is InChI=1S/C12H14N2O/c15-8-7-13-9-11-6-5-10-3-1-2-4-12(10)14-11/h1-6,13,15H,7-9H2. The van der Waals surface area contributed by atoms with Gasteiger partial charge in [-0.15, -0.1) is 0 Å². The molecule has 78 valence electrons. The molecule has 0 aliphatic carbocycles. The first-order chi connectivity index (χ1) is 7.40. The zero-order chi connectivity index (χ0) is 10.5. The van der Waals surface area contributed by atoms with Crippen LogP contribution in [0.4, 0.5) is 0 Å². The van der Waals surface area contributed by atoms with Gasteiger partial charge in [0, 0.05) is 18.5 Å². The van der Waals surface area contributed by atoms with Gasteiger partial charge in [-0.3, -0.25) is 4.98 Å². The number of hydrogen-bond donors (Lipinski definition) is 2. The highest BCUT2D eigenvalue weighted by atomic mass is 16.3. The third kappa shape index (κ3) is 2.52. The maximum Gasteiger partial charge on any atom is 0.0705 e. The average Bonchev–Trinajstić information content (AvgIpc) is 2.29. The van der Waals surface area contributed by atoms with Gasteiger partial charge in [-0.05, 0) is 12.1 Å². The molecule has 0 saturated heterocycles. The van der Waals surface area contributed by atoms with E-state index in [1.165, 1.54) is 0 Å². The topological polar surface area (TPSA) is 45.1 Å². The SMILES string of the molecule is OCCNCc1ccc2ccccc2n1. The molecule has 15 heavy (non-hydrogen) atoms. The van der Waals surface area contributed by atoms with Crippen LogP contribution in [0.3, 0.4) is 0 Å². The predicted octanol–water partition coefficient (Wildman–Crippen LogP) is 1.32. The molecule has 0 spiro atoms. The van der Waals surface area contributed by atoms with E-state index >= 15 is 0 Å². The van der Waals surface area contributed by atoms with E-state index in [1.54, 1.807) is 0 Å². The van der Waals surface area contributed by atoms with Crippen molar-refractivity contribution >= 4 is 10.9 Å². The molecule has 0 fully saturated rings. The molecular weight excluding hydrogens is 188 g/mol. The second-order valence-electron chi connectivity index (χ2n) is 3.40. The van der Waals surface area contributed by atoms with Crippen molar-refractivity contribution in [2.45, 2.75) is 6.54 Å². The molecule has 0 radical (unpaired) electrons. The number of rotatable bonds is 4. The second-order valence-corrected chi connectivity index (χ2v) is 3.40. The molecule has 1 aromatic carbocycles. The van der Waals surface area contributed by atoms with Crippen molar-refractivity contribution in [3.8, 4) is 0 Å². The van der Waals surface area contributed by atoms with Gasteiger partial charge in [-0.25, -0.2) is 0 Å². The van der Waals surface area contributed by atoms with Gasteiger partial charge in [0.2, 0.25) is 0 Å². The Morgan fingerprint density at radius 3 is 2.87 bits per heavy atom. The summed E-state index contributed by atoms with van der Waals surface area (Å²) in [6.45, 7) is 1.47. The zero-order valence-electron chi connectivity index (χ0n) is 8.48. The number of aromatic nitrogens is 1. The van der Waals surface area contributed by atoms with Crippen molar-refractivity contribution in [3.05, 3.63) is 42.1 Å². The fraction of sp³-hybridized carbons (Fsp3) is 0.250. The van der Waals surface area contributed by atoms with Crippen LogP contribution in [0, 0.1) is 0 Å². The summed E-state index contributed by atoms with van der Waals surface area (Å²) in [5.41, 5.74) is 2.02. The highest BCUT2D eigenvalue weighted by molar-refractivity contribution is 5.78. The number of pyridine rings is 1. The Morgan fingerprint density at radius 1 is 1.13 bits per heavy atom. The third-order valence-electron chi connectivity index (χ3n) is 2.25. The zero-order valence-corrected chi connectivity index (χ0v) is 8.48. The monoisotopic (exact) mass is 202 g/mol. The number of aliphatic hydroxyl groups excluding tert-OH is 1. The van der Waals surface area contributed by atoms with Crippen LogP contribution in [0.2, 0.25) is 0 Å². The Balaban J connectivity index is 2.16. The molecule has 0 unspecified atom stereocenters. The lowest BCUT2D eigenvalue weighted by Gasteiger charge is -2.03. The minimum Gasteiger partial charge on any atom is -0.395 e. The molecule has 2 N–H and O–H groups in total. The quantitative estimate of drug-likeness (QED) is 0.735. The first-order valence-electron chi connectivity index (χ1n) is 5.06. The number of aliphatic hydroxyl groups is 1. The molecule has 0 saturated carbocycles. The highest BCUT2D eigenvalue weighted by Crippen LogP contribution is 2.11. The number of fused-ring (bicyclic) bond motifs is 1. The highest BCUT2D eigenvalue weighted by Gasteiger charge is 1.96. The van der Waals surface area contributed by atoms with Crippen LogP contribution < -0.4 is 5.32 Å². The van der Waals surface area contributed by atoms with Gasteiger partial charge in [0.1, 0.15) is 0 Å². The summed E-state index contributed by atoms with van der Waals surface area (Å²) in [6, 6.07) is 12.1. The van der Waals surface area contributed by atoms with E-state index in [0.717, 1.165) is 16.6 Å². The molecule has 0 amide bonds. The summed E-state index contributed by atoms with van der Waals surface area (Å²) in [5, 5.41) is 12.9.